The van der Waals surface area contributed by atoms with E-state index in [4.69, 9.17) is 16.7 Å². The lowest BCUT2D eigenvalue weighted by atomic mass is 9.91. The molecule has 1 N–H and O–H groups in total. The molecule has 124 valence electrons. The van der Waals surface area contributed by atoms with Crippen molar-refractivity contribution in [3.8, 4) is 0 Å². The SMILES string of the molecule is O=C(O)C1CC12CCN(C(=O)CSCc1cccc(Cl)c1)CC2. The van der Waals surface area contributed by atoms with Gasteiger partial charge in [-0.1, -0.05) is 23.7 Å². The average molecular weight is 354 g/mol. The van der Waals surface area contributed by atoms with Crippen molar-refractivity contribution < 1.29 is 14.7 Å². The summed E-state index contributed by atoms with van der Waals surface area (Å²) < 4.78 is 0. The molecule has 1 unspecified atom stereocenters. The van der Waals surface area contributed by atoms with Gasteiger partial charge < -0.3 is 10.0 Å². The van der Waals surface area contributed by atoms with E-state index in [2.05, 4.69) is 0 Å². The summed E-state index contributed by atoms with van der Waals surface area (Å²) >= 11 is 7.54. The van der Waals surface area contributed by atoms with Crippen LogP contribution < -0.4 is 0 Å². The van der Waals surface area contributed by atoms with Gasteiger partial charge in [0, 0.05) is 23.9 Å². The van der Waals surface area contributed by atoms with Gasteiger partial charge >= 0.3 is 5.97 Å². The fourth-order valence-corrected chi connectivity index (χ4v) is 4.51. The molecule has 23 heavy (non-hydrogen) atoms. The zero-order chi connectivity index (χ0) is 16.4. The molecule has 2 aliphatic rings. The lowest BCUT2D eigenvalue weighted by molar-refractivity contribution is -0.139. The molecule has 1 saturated heterocycles. The second kappa shape index (κ2) is 6.73. The number of aliphatic carboxylic acids is 1. The molecule has 1 heterocycles. The topological polar surface area (TPSA) is 57.6 Å². The minimum Gasteiger partial charge on any atom is -0.481 e. The Kier molecular flexibility index (Phi) is 4.87. The molecule has 1 saturated carbocycles. The number of thioether (sulfide) groups is 1. The first-order chi connectivity index (χ1) is 11.0. The number of hydrogen-bond acceptors (Lipinski definition) is 3. The van der Waals surface area contributed by atoms with E-state index in [1.807, 2.05) is 29.2 Å². The van der Waals surface area contributed by atoms with E-state index in [0.29, 0.717) is 23.9 Å². The van der Waals surface area contributed by atoms with E-state index in [1.165, 1.54) is 0 Å². The summed E-state index contributed by atoms with van der Waals surface area (Å²) in [5.74, 6) is 0.519. The number of carboxylic acids is 1. The predicted octanol–water partition coefficient (Wildman–Crippen LogP) is 3.29. The molecule has 6 heteroatoms. The molecule has 1 atom stereocenters. The van der Waals surface area contributed by atoms with Gasteiger partial charge in [0.05, 0.1) is 11.7 Å². The van der Waals surface area contributed by atoms with Crippen LogP contribution in [0, 0.1) is 11.3 Å². The lowest BCUT2D eigenvalue weighted by Crippen LogP contribution is -2.40. The number of nitrogens with zero attached hydrogens (tertiary/aromatic N) is 1. The second-order valence-electron chi connectivity index (χ2n) is 6.46. The molecule has 1 aromatic carbocycles. The van der Waals surface area contributed by atoms with Crippen molar-refractivity contribution in [2.24, 2.45) is 11.3 Å². The molecule has 1 aliphatic carbocycles. The first-order valence-electron chi connectivity index (χ1n) is 7.83. The van der Waals surface area contributed by atoms with Gasteiger partial charge in [-0.25, -0.2) is 0 Å². The zero-order valence-corrected chi connectivity index (χ0v) is 14.4. The number of hydrogen-bond donors (Lipinski definition) is 1. The Labute approximate surface area is 145 Å². The Balaban J connectivity index is 1.41. The van der Waals surface area contributed by atoms with Crippen LogP contribution in [0.2, 0.25) is 5.02 Å². The number of carboxylic acid groups (broad SMARTS) is 1. The summed E-state index contributed by atoms with van der Waals surface area (Å²) in [5, 5.41) is 9.81. The molecule has 0 aromatic heterocycles. The summed E-state index contributed by atoms with van der Waals surface area (Å²) in [7, 11) is 0. The van der Waals surface area contributed by atoms with E-state index in [0.717, 1.165) is 30.6 Å². The maximum atomic E-state index is 12.3. The van der Waals surface area contributed by atoms with Gasteiger partial charge in [0.1, 0.15) is 0 Å². The third kappa shape index (κ3) is 3.83. The van der Waals surface area contributed by atoms with Crippen LogP contribution in [0.25, 0.3) is 0 Å². The highest BCUT2D eigenvalue weighted by atomic mass is 35.5. The standard InChI is InChI=1S/C17H20ClNO3S/c18-13-3-1-2-12(8-13)10-23-11-15(20)19-6-4-17(5-7-19)9-14(17)16(21)22/h1-3,8,14H,4-7,9-11H2,(H,21,22). The fourth-order valence-electron chi connectivity index (χ4n) is 3.43. The number of carbonyl (C=O) groups is 2. The molecule has 0 radical (unpaired) electrons. The molecule has 0 bridgehead atoms. The maximum Gasteiger partial charge on any atom is 0.307 e. The van der Waals surface area contributed by atoms with Gasteiger partial charge in [0.25, 0.3) is 0 Å². The molecule has 1 aromatic rings. The van der Waals surface area contributed by atoms with E-state index in [-0.39, 0.29) is 17.2 Å². The third-order valence-corrected chi connectivity index (χ3v) is 6.21. The summed E-state index contributed by atoms with van der Waals surface area (Å²) in [6.45, 7) is 1.39. The summed E-state index contributed by atoms with van der Waals surface area (Å²) in [6, 6.07) is 7.68. The highest BCUT2D eigenvalue weighted by molar-refractivity contribution is 7.99. The number of halogens is 1. The Hall–Kier alpha value is -1.20. The number of likely N-dealkylation sites (tertiary alicyclic amines) is 1. The highest BCUT2D eigenvalue weighted by Crippen LogP contribution is 2.59. The lowest BCUT2D eigenvalue weighted by Gasteiger charge is -2.32. The maximum absolute atomic E-state index is 12.3. The Morgan fingerprint density at radius 2 is 2.09 bits per heavy atom. The largest absolute Gasteiger partial charge is 0.481 e. The van der Waals surface area contributed by atoms with Crippen LogP contribution in [0.1, 0.15) is 24.8 Å². The van der Waals surface area contributed by atoms with Crippen molar-refractivity contribution in [2.45, 2.75) is 25.0 Å². The number of amides is 1. The second-order valence-corrected chi connectivity index (χ2v) is 7.88. The Morgan fingerprint density at radius 3 is 2.70 bits per heavy atom. The fraction of sp³-hybridized carbons (Fsp3) is 0.529. The molecular formula is C17H20ClNO3S. The van der Waals surface area contributed by atoms with Crippen LogP contribution in [0.15, 0.2) is 24.3 Å². The molecule has 1 aliphatic heterocycles. The van der Waals surface area contributed by atoms with Crippen molar-refractivity contribution in [1.82, 2.24) is 4.90 Å². The van der Waals surface area contributed by atoms with Crippen molar-refractivity contribution in [1.29, 1.82) is 0 Å². The van der Waals surface area contributed by atoms with Crippen LogP contribution in [-0.2, 0) is 15.3 Å². The minimum absolute atomic E-state index is 0.0173. The van der Waals surface area contributed by atoms with Crippen LogP contribution >= 0.6 is 23.4 Å². The van der Waals surface area contributed by atoms with Gasteiger partial charge in [-0.2, -0.15) is 0 Å². The van der Waals surface area contributed by atoms with Crippen molar-refractivity contribution in [3.63, 3.8) is 0 Å². The van der Waals surface area contributed by atoms with Crippen LogP contribution in [0.4, 0.5) is 0 Å². The summed E-state index contributed by atoms with van der Waals surface area (Å²) in [5.41, 5.74) is 1.10. The normalized spacial score (nSPS) is 22.1. The first-order valence-corrected chi connectivity index (χ1v) is 9.36. The first kappa shape index (κ1) is 16.7. The van der Waals surface area contributed by atoms with Gasteiger partial charge in [-0.15, -0.1) is 11.8 Å². The smallest absolute Gasteiger partial charge is 0.307 e. The Bertz CT molecular complexity index is 614. The zero-order valence-electron chi connectivity index (χ0n) is 12.8. The number of piperidine rings is 1. The molecular weight excluding hydrogens is 334 g/mol. The monoisotopic (exact) mass is 353 g/mol. The quantitative estimate of drug-likeness (QED) is 0.882. The summed E-state index contributed by atoms with van der Waals surface area (Å²) in [6.07, 6.45) is 2.44. The molecule has 4 nitrogen and oxygen atoms in total. The van der Waals surface area contributed by atoms with Gasteiger partial charge in [0.2, 0.25) is 5.91 Å². The summed E-state index contributed by atoms with van der Waals surface area (Å²) in [4.78, 5) is 25.2. The Morgan fingerprint density at radius 1 is 1.35 bits per heavy atom. The van der Waals surface area contributed by atoms with Crippen LogP contribution in [-0.4, -0.2) is 40.7 Å². The van der Waals surface area contributed by atoms with Crippen LogP contribution in [0.3, 0.4) is 0 Å². The van der Waals surface area contributed by atoms with Gasteiger partial charge in [0.15, 0.2) is 0 Å². The van der Waals surface area contributed by atoms with E-state index in [9.17, 15) is 9.59 Å². The van der Waals surface area contributed by atoms with Gasteiger partial charge in [-0.05, 0) is 42.4 Å². The van der Waals surface area contributed by atoms with E-state index < -0.39 is 5.97 Å². The van der Waals surface area contributed by atoms with E-state index in [1.54, 1.807) is 11.8 Å². The van der Waals surface area contributed by atoms with Crippen LogP contribution in [0.5, 0.6) is 0 Å². The minimum atomic E-state index is -0.679. The van der Waals surface area contributed by atoms with Crippen molar-refractivity contribution >= 4 is 35.2 Å². The average Bonchev–Trinajstić information content (AvgIpc) is 3.22. The highest BCUT2D eigenvalue weighted by Gasteiger charge is 2.59. The molecule has 1 spiro atoms. The molecule has 1 amide bonds. The molecule has 3 rings (SSSR count). The number of benzene rings is 1. The van der Waals surface area contributed by atoms with E-state index >= 15 is 0 Å². The number of carbonyl (C=O) groups excluding carboxylic acids is 1. The predicted molar refractivity (Wildman–Crippen MR) is 91.6 cm³/mol. The van der Waals surface area contributed by atoms with Crippen molar-refractivity contribution in [3.05, 3.63) is 34.9 Å². The number of rotatable bonds is 5. The third-order valence-electron chi connectivity index (χ3n) is 4.98. The van der Waals surface area contributed by atoms with Gasteiger partial charge in [-0.3, -0.25) is 9.59 Å². The molecule has 2 fully saturated rings. The van der Waals surface area contributed by atoms with Crippen molar-refractivity contribution in [2.75, 3.05) is 18.8 Å².